The van der Waals surface area contributed by atoms with Crippen molar-refractivity contribution in [1.29, 1.82) is 0 Å². The average Bonchev–Trinajstić information content (AvgIpc) is 3.10. The minimum Gasteiger partial charge on any atom is -0.368 e. The lowest BCUT2D eigenvalue weighted by Crippen LogP contribution is -2.42. The normalized spacial score (nSPS) is 20.3. The van der Waals surface area contributed by atoms with Crippen LogP contribution in [0.15, 0.2) is 53.4 Å². The summed E-state index contributed by atoms with van der Waals surface area (Å²) in [5.41, 5.74) is 2.88. The molecular weight excluding hydrogens is 424 g/mol. The van der Waals surface area contributed by atoms with Gasteiger partial charge in [0, 0.05) is 33.7 Å². The standard InChI is InChI=1S/C24H32N4O3S/c1-5-13-28-22-12-11-20(32(29,30)26(3)4)14-21(22)25-24(28)17-27-15-18(2)31-23(16-27)19-9-7-6-8-10-19/h6-12,14,18,23H,5,13,15-17H2,1-4H3. The number of sulfonamides is 1. The summed E-state index contributed by atoms with van der Waals surface area (Å²) in [6, 6.07) is 15.6. The Balaban J connectivity index is 1.65. The van der Waals surface area contributed by atoms with E-state index in [1.807, 2.05) is 24.3 Å². The van der Waals surface area contributed by atoms with Crippen molar-refractivity contribution in [2.45, 2.75) is 50.5 Å². The molecule has 32 heavy (non-hydrogen) atoms. The summed E-state index contributed by atoms with van der Waals surface area (Å²) in [7, 11) is -0.409. The SMILES string of the molecule is CCCn1c(CN2CC(C)OC(c3ccccc3)C2)nc2cc(S(=O)(=O)N(C)C)ccc21. The van der Waals surface area contributed by atoms with E-state index < -0.39 is 10.0 Å². The number of fused-ring (bicyclic) bond motifs is 1. The largest absolute Gasteiger partial charge is 0.368 e. The summed E-state index contributed by atoms with van der Waals surface area (Å²) >= 11 is 0. The van der Waals surface area contributed by atoms with E-state index in [0.717, 1.165) is 42.9 Å². The molecule has 2 aromatic carbocycles. The monoisotopic (exact) mass is 456 g/mol. The van der Waals surface area contributed by atoms with Gasteiger partial charge >= 0.3 is 0 Å². The topological polar surface area (TPSA) is 67.7 Å². The van der Waals surface area contributed by atoms with Crippen LogP contribution in [0.25, 0.3) is 11.0 Å². The van der Waals surface area contributed by atoms with E-state index in [9.17, 15) is 8.42 Å². The third kappa shape index (κ3) is 4.59. The molecule has 0 radical (unpaired) electrons. The van der Waals surface area contributed by atoms with Gasteiger partial charge in [0.25, 0.3) is 0 Å². The molecule has 1 fully saturated rings. The van der Waals surface area contributed by atoms with E-state index in [1.165, 1.54) is 9.87 Å². The highest BCUT2D eigenvalue weighted by Crippen LogP contribution is 2.28. The first-order valence-electron chi connectivity index (χ1n) is 11.1. The average molecular weight is 457 g/mol. The van der Waals surface area contributed by atoms with Gasteiger partial charge in [-0.15, -0.1) is 0 Å². The van der Waals surface area contributed by atoms with Crippen LogP contribution in [0, 0.1) is 0 Å². The highest BCUT2D eigenvalue weighted by atomic mass is 32.2. The maximum absolute atomic E-state index is 12.6. The smallest absolute Gasteiger partial charge is 0.242 e. The van der Waals surface area contributed by atoms with Crippen LogP contribution in [0.5, 0.6) is 0 Å². The lowest BCUT2D eigenvalue weighted by molar-refractivity contribution is -0.0821. The van der Waals surface area contributed by atoms with E-state index in [2.05, 4.69) is 35.4 Å². The van der Waals surface area contributed by atoms with Crippen molar-refractivity contribution in [3.63, 3.8) is 0 Å². The molecular formula is C24H32N4O3S. The van der Waals surface area contributed by atoms with E-state index >= 15 is 0 Å². The predicted octanol–water partition coefficient (Wildman–Crippen LogP) is 3.66. The summed E-state index contributed by atoms with van der Waals surface area (Å²) in [6.07, 6.45) is 1.12. The molecule has 172 valence electrons. The van der Waals surface area contributed by atoms with Gasteiger partial charge in [-0.3, -0.25) is 4.90 Å². The first kappa shape index (κ1) is 22.9. The highest BCUT2D eigenvalue weighted by molar-refractivity contribution is 7.89. The number of imidazole rings is 1. The van der Waals surface area contributed by atoms with Crippen molar-refractivity contribution >= 4 is 21.1 Å². The second-order valence-corrected chi connectivity index (χ2v) is 10.8. The minimum absolute atomic E-state index is 0.0285. The Morgan fingerprint density at radius 3 is 2.56 bits per heavy atom. The molecule has 1 aliphatic heterocycles. The van der Waals surface area contributed by atoms with Gasteiger partial charge in [0.05, 0.1) is 34.7 Å². The Morgan fingerprint density at radius 2 is 1.88 bits per heavy atom. The Hall–Kier alpha value is -2.26. The molecule has 0 amide bonds. The number of benzene rings is 2. The second-order valence-electron chi connectivity index (χ2n) is 8.66. The molecule has 1 aliphatic rings. The van der Waals surface area contributed by atoms with Crippen molar-refractivity contribution in [2.75, 3.05) is 27.2 Å². The van der Waals surface area contributed by atoms with Gasteiger partial charge in [-0.1, -0.05) is 37.3 Å². The number of hydrogen-bond donors (Lipinski definition) is 0. The molecule has 2 heterocycles. The quantitative estimate of drug-likeness (QED) is 0.543. The fourth-order valence-corrected chi connectivity index (χ4v) is 5.27. The van der Waals surface area contributed by atoms with Crippen LogP contribution < -0.4 is 0 Å². The van der Waals surface area contributed by atoms with E-state index in [-0.39, 0.29) is 17.1 Å². The molecule has 0 N–H and O–H groups in total. The predicted molar refractivity (Wildman–Crippen MR) is 126 cm³/mol. The van der Waals surface area contributed by atoms with Crippen LogP contribution in [-0.2, 0) is 27.8 Å². The van der Waals surface area contributed by atoms with E-state index in [1.54, 1.807) is 26.2 Å². The number of rotatable bonds is 7. The first-order valence-corrected chi connectivity index (χ1v) is 12.6. The van der Waals surface area contributed by atoms with Gasteiger partial charge in [0.2, 0.25) is 10.0 Å². The maximum Gasteiger partial charge on any atom is 0.242 e. The molecule has 0 aliphatic carbocycles. The van der Waals surface area contributed by atoms with Crippen LogP contribution in [0.1, 0.15) is 37.8 Å². The minimum atomic E-state index is -3.50. The summed E-state index contributed by atoms with van der Waals surface area (Å²) in [6.45, 7) is 7.41. The lowest BCUT2D eigenvalue weighted by atomic mass is 10.1. The number of nitrogens with zero attached hydrogens (tertiary/aromatic N) is 4. The lowest BCUT2D eigenvalue weighted by Gasteiger charge is -2.36. The van der Waals surface area contributed by atoms with Crippen molar-refractivity contribution in [3.05, 3.63) is 59.9 Å². The second kappa shape index (κ2) is 9.31. The van der Waals surface area contributed by atoms with Crippen molar-refractivity contribution in [2.24, 2.45) is 0 Å². The molecule has 0 spiro atoms. The number of morpholine rings is 1. The van der Waals surface area contributed by atoms with Crippen LogP contribution in [0.3, 0.4) is 0 Å². The highest BCUT2D eigenvalue weighted by Gasteiger charge is 2.28. The third-order valence-corrected chi connectivity index (χ3v) is 7.71. The maximum atomic E-state index is 12.6. The Morgan fingerprint density at radius 1 is 1.12 bits per heavy atom. The first-order chi connectivity index (χ1) is 15.3. The van der Waals surface area contributed by atoms with Gasteiger partial charge in [-0.05, 0) is 37.1 Å². The zero-order chi connectivity index (χ0) is 22.9. The van der Waals surface area contributed by atoms with Gasteiger partial charge in [-0.2, -0.15) is 0 Å². The van der Waals surface area contributed by atoms with Crippen molar-refractivity contribution in [3.8, 4) is 0 Å². The van der Waals surface area contributed by atoms with Crippen LogP contribution >= 0.6 is 0 Å². The number of aryl methyl sites for hydroxylation is 1. The van der Waals surface area contributed by atoms with Gasteiger partial charge < -0.3 is 9.30 Å². The number of aromatic nitrogens is 2. The Kier molecular flexibility index (Phi) is 6.67. The molecule has 2 unspecified atom stereocenters. The fourth-order valence-electron chi connectivity index (χ4n) is 4.34. The molecule has 4 rings (SSSR count). The molecule has 8 heteroatoms. The van der Waals surface area contributed by atoms with E-state index in [0.29, 0.717) is 6.54 Å². The summed E-state index contributed by atoms with van der Waals surface area (Å²) in [5.74, 6) is 0.960. The van der Waals surface area contributed by atoms with E-state index in [4.69, 9.17) is 9.72 Å². The van der Waals surface area contributed by atoms with Crippen molar-refractivity contribution in [1.82, 2.24) is 18.8 Å². The molecule has 7 nitrogen and oxygen atoms in total. The van der Waals surface area contributed by atoms with Crippen LogP contribution in [-0.4, -0.2) is 60.5 Å². The summed E-state index contributed by atoms with van der Waals surface area (Å²) in [5, 5.41) is 0. The zero-order valence-electron chi connectivity index (χ0n) is 19.2. The van der Waals surface area contributed by atoms with Gasteiger partial charge in [-0.25, -0.2) is 17.7 Å². The number of ether oxygens (including phenoxy) is 1. The molecule has 0 bridgehead atoms. The summed E-state index contributed by atoms with van der Waals surface area (Å²) in [4.78, 5) is 7.54. The Bertz CT molecular complexity index is 1170. The van der Waals surface area contributed by atoms with Crippen LogP contribution in [0.2, 0.25) is 0 Å². The molecule has 1 aromatic heterocycles. The molecule has 3 aromatic rings. The third-order valence-electron chi connectivity index (χ3n) is 5.90. The zero-order valence-corrected chi connectivity index (χ0v) is 20.0. The van der Waals surface area contributed by atoms with Crippen molar-refractivity contribution < 1.29 is 13.2 Å². The molecule has 0 saturated carbocycles. The van der Waals surface area contributed by atoms with Gasteiger partial charge in [0.15, 0.2) is 0 Å². The van der Waals surface area contributed by atoms with Gasteiger partial charge in [0.1, 0.15) is 5.82 Å². The Labute approximate surface area is 190 Å². The fraction of sp³-hybridized carbons (Fsp3) is 0.458. The van der Waals surface area contributed by atoms with Crippen LogP contribution in [0.4, 0.5) is 0 Å². The molecule has 2 atom stereocenters. The summed E-state index contributed by atoms with van der Waals surface area (Å²) < 4.78 is 34.8. The molecule has 1 saturated heterocycles. The number of hydrogen-bond acceptors (Lipinski definition) is 5.